The van der Waals surface area contributed by atoms with Crippen molar-refractivity contribution in [1.82, 2.24) is 10.2 Å². The third kappa shape index (κ3) is 3.67. The number of aromatic nitrogens is 2. The van der Waals surface area contributed by atoms with Crippen LogP contribution in [0.25, 0.3) is 0 Å². The first-order valence-electron chi connectivity index (χ1n) is 4.66. The summed E-state index contributed by atoms with van der Waals surface area (Å²) >= 11 is 1.59. The van der Waals surface area contributed by atoms with Gasteiger partial charge in [-0.15, -0.1) is 10.2 Å². The van der Waals surface area contributed by atoms with Gasteiger partial charge in [0.2, 0.25) is 5.89 Å². The minimum absolute atomic E-state index is 0.196. The number of hydrogen-bond donors (Lipinski definition) is 1. The number of aryl methyl sites for hydroxylation is 1. The molecular weight excluding hydrogens is 198 g/mol. The van der Waals surface area contributed by atoms with Crippen molar-refractivity contribution in [3.63, 3.8) is 0 Å². The van der Waals surface area contributed by atoms with Crippen molar-refractivity contribution >= 4 is 11.8 Å². The summed E-state index contributed by atoms with van der Waals surface area (Å²) in [5.41, 5.74) is 5.83. The van der Waals surface area contributed by atoms with Crippen LogP contribution >= 0.6 is 11.8 Å². The highest BCUT2D eigenvalue weighted by Gasteiger charge is 2.15. The van der Waals surface area contributed by atoms with E-state index < -0.39 is 0 Å². The molecule has 0 bridgehead atoms. The van der Waals surface area contributed by atoms with Gasteiger partial charge in [0.15, 0.2) is 0 Å². The van der Waals surface area contributed by atoms with E-state index in [0.717, 1.165) is 12.2 Å². The topological polar surface area (TPSA) is 64.9 Å². The van der Waals surface area contributed by atoms with Gasteiger partial charge in [-0.2, -0.15) is 0 Å². The minimum Gasteiger partial charge on any atom is -0.416 e. The lowest BCUT2D eigenvalue weighted by Gasteiger charge is -2.20. The van der Waals surface area contributed by atoms with Crippen molar-refractivity contribution in [1.29, 1.82) is 0 Å². The van der Waals surface area contributed by atoms with E-state index in [0.29, 0.717) is 17.7 Å². The maximum Gasteiger partial charge on any atom is 0.276 e. The largest absolute Gasteiger partial charge is 0.416 e. The SMILES string of the molecule is Cc1nnc(SCCC(C)(C)CN)o1. The molecule has 0 fully saturated rings. The molecule has 4 nitrogen and oxygen atoms in total. The number of nitrogens with two attached hydrogens (primary N) is 1. The zero-order valence-electron chi connectivity index (χ0n) is 8.91. The standard InChI is InChI=1S/C9H17N3OS/c1-7-11-12-8(13-7)14-5-4-9(2,3)6-10/h4-6,10H2,1-3H3. The van der Waals surface area contributed by atoms with E-state index in [1.165, 1.54) is 0 Å². The number of rotatable bonds is 5. The third-order valence-electron chi connectivity index (χ3n) is 2.06. The quantitative estimate of drug-likeness (QED) is 0.759. The summed E-state index contributed by atoms with van der Waals surface area (Å²) in [6.45, 7) is 6.82. The predicted octanol–water partition coefficient (Wildman–Crippen LogP) is 1.85. The fraction of sp³-hybridized carbons (Fsp3) is 0.778. The molecule has 0 spiro atoms. The molecule has 0 atom stereocenters. The Morgan fingerprint density at radius 1 is 1.43 bits per heavy atom. The predicted molar refractivity (Wildman–Crippen MR) is 57.2 cm³/mol. The summed E-state index contributed by atoms with van der Waals surface area (Å²) in [6, 6.07) is 0. The average Bonchev–Trinajstić information content (AvgIpc) is 2.51. The Morgan fingerprint density at radius 3 is 2.64 bits per heavy atom. The molecule has 1 rings (SSSR count). The second-order valence-corrected chi connectivity index (χ2v) is 5.10. The Kier molecular flexibility index (Phi) is 3.95. The summed E-state index contributed by atoms with van der Waals surface area (Å²) < 4.78 is 5.24. The number of thioether (sulfide) groups is 1. The molecule has 1 aromatic rings. The summed E-state index contributed by atoms with van der Waals surface area (Å²) in [5, 5.41) is 8.31. The van der Waals surface area contributed by atoms with Crippen LogP contribution in [0.1, 0.15) is 26.2 Å². The van der Waals surface area contributed by atoms with Gasteiger partial charge in [-0.1, -0.05) is 25.6 Å². The van der Waals surface area contributed by atoms with Crippen LogP contribution in [0.2, 0.25) is 0 Å². The highest BCUT2D eigenvalue weighted by atomic mass is 32.2. The number of nitrogens with zero attached hydrogens (tertiary/aromatic N) is 2. The van der Waals surface area contributed by atoms with Crippen molar-refractivity contribution in [3.05, 3.63) is 5.89 Å². The Bertz CT molecular complexity index is 285. The first kappa shape index (κ1) is 11.5. The van der Waals surface area contributed by atoms with Gasteiger partial charge in [0.05, 0.1) is 0 Å². The van der Waals surface area contributed by atoms with Crippen LogP contribution < -0.4 is 5.73 Å². The van der Waals surface area contributed by atoms with Crippen LogP contribution in [-0.2, 0) is 0 Å². The molecule has 0 saturated carbocycles. The van der Waals surface area contributed by atoms with Crippen LogP contribution in [0.4, 0.5) is 0 Å². The lowest BCUT2D eigenvalue weighted by atomic mass is 9.91. The van der Waals surface area contributed by atoms with Crippen LogP contribution in [0, 0.1) is 12.3 Å². The minimum atomic E-state index is 0.196. The van der Waals surface area contributed by atoms with Gasteiger partial charge in [0.1, 0.15) is 0 Å². The monoisotopic (exact) mass is 215 g/mol. The van der Waals surface area contributed by atoms with Crippen LogP contribution in [0.15, 0.2) is 9.64 Å². The average molecular weight is 215 g/mol. The zero-order chi connectivity index (χ0) is 10.6. The van der Waals surface area contributed by atoms with E-state index in [1.54, 1.807) is 18.7 Å². The van der Waals surface area contributed by atoms with Crippen LogP contribution in [0.5, 0.6) is 0 Å². The van der Waals surface area contributed by atoms with E-state index >= 15 is 0 Å². The van der Waals surface area contributed by atoms with Crippen LogP contribution in [-0.4, -0.2) is 22.5 Å². The third-order valence-corrected chi connectivity index (χ3v) is 2.88. The second-order valence-electron chi connectivity index (χ2n) is 4.05. The molecule has 0 unspecified atom stereocenters. The molecule has 0 aliphatic rings. The molecule has 14 heavy (non-hydrogen) atoms. The molecule has 0 radical (unpaired) electrons. The van der Waals surface area contributed by atoms with Gasteiger partial charge in [0.25, 0.3) is 5.22 Å². The Hall–Kier alpha value is -0.550. The molecule has 0 aliphatic heterocycles. The molecule has 80 valence electrons. The molecule has 0 aliphatic carbocycles. The Labute approximate surface area is 88.7 Å². The van der Waals surface area contributed by atoms with Crippen molar-refractivity contribution in [2.75, 3.05) is 12.3 Å². The van der Waals surface area contributed by atoms with E-state index in [-0.39, 0.29) is 5.41 Å². The molecule has 0 aromatic carbocycles. The van der Waals surface area contributed by atoms with E-state index in [4.69, 9.17) is 10.2 Å². The van der Waals surface area contributed by atoms with Gasteiger partial charge in [-0.05, 0) is 18.4 Å². The van der Waals surface area contributed by atoms with E-state index in [1.807, 2.05) is 0 Å². The Balaban J connectivity index is 2.28. The first-order valence-corrected chi connectivity index (χ1v) is 5.65. The van der Waals surface area contributed by atoms with Gasteiger partial charge >= 0.3 is 0 Å². The molecule has 1 aromatic heterocycles. The molecule has 5 heteroatoms. The summed E-state index contributed by atoms with van der Waals surface area (Å²) in [5.74, 6) is 1.58. The summed E-state index contributed by atoms with van der Waals surface area (Å²) in [4.78, 5) is 0. The molecule has 1 heterocycles. The normalized spacial score (nSPS) is 12.0. The lowest BCUT2D eigenvalue weighted by Crippen LogP contribution is -2.23. The molecule has 0 amide bonds. The van der Waals surface area contributed by atoms with E-state index in [9.17, 15) is 0 Å². The summed E-state index contributed by atoms with van der Waals surface area (Å²) in [6.07, 6.45) is 1.05. The van der Waals surface area contributed by atoms with Gasteiger partial charge in [-0.3, -0.25) is 0 Å². The van der Waals surface area contributed by atoms with Gasteiger partial charge in [0, 0.05) is 12.7 Å². The fourth-order valence-corrected chi connectivity index (χ4v) is 1.96. The van der Waals surface area contributed by atoms with Crippen LogP contribution in [0.3, 0.4) is 0 Å². The van der Waals surface area contributed by atoms with E-state index in [2.05, 4.69) is 24.0 Å². The fourth-order valence-electron chi connectivity index (χ4n) is 0.853. The molecular formula is C9H17N3OS. The maximum absolute atomic E-state index is 5.63. The smallest absolute Gasteiger partial charge is 0.276 e. The van der Waals surface area contributed by atoms with Crippen molar-refractivity contribution < 1.29 is 4.42 Å². The zero-order valence-corrected chi connectivity index (χ0v) is 9.73. The summed E-state index contributed by atoms with van der Waals surface area (Å²) in [7, 11) is 0. The van der Waals surface area contributed by atoms with Crippen molar-refractivity contribution in [3.8, 4) is 0 Å². The maximum atomic E-state index is 5.63. The van der Waals surface area contributed by atoms with Crippen molar-refractivity contribution in [2.24, 2.45) is 11.1 Å². The van der Waals surface area contributed by atoms with Gasteiger partial charge < -0.3 is 10.2 Å². The highest BCUT2D eigenvalue weighted by molar-refractivity contribution is 7.99. The molecule has 2 N–H and O–H groups in total. The highest BCUT2D eigenvalue weighted by Crippen LogP contribution is 2.24. The van der Waals surface area contributed by atoms with Gasteiger partial charge in [-0.25, -0.2) is 0 Å². The molecule has 0 saturated heterocycles. The second kappa shape index (κ2) is 4.79. The lowest BCUT2D eigenvalue weighted by molar-refractivity contribution is 0.367. The number of hydrogen-bond acceptors (Lipinski definition) is 5. The Morgan fingerprint density at radius 2 is 2.14 bits per heavy atom. The van der Waals surface area contributed by atoms with Crippen molar-refractivity contribution in [2.45, 2.75) is 32.4 Å². The first-order chi connectivity index (χ1) is 6.53.